The van der Waals surface area contributed by atoms with Crippen LogP contribution in [0.3, 0.4) is 0 Å². The van der Waals surface area contributed by atoms with Gasteiger partial charge in [0.2, 0.25) is 11.8 Å². The summed E-state index contributed by atoms with van der Waals surface area (Å²) in [5, 5.41) is 0.326. The van der Waals surface area contributed by atoms with Gasteiger partial charge in [0.15, 0.2) is 0 Å². The van der Waals surface area contributed by atoms with Crippen molar-refractivity contribution in [2.45, 2.75) is 0 Å². The van der Waals surface area contributed by atoms with Crippen molar-refractivity contribution in [3.8, 4) is 0 Å². The molecule has 0 spiro atoms. The Hall–Kier alpha value is 0.270. The highest BCUT2D eigenvalue weighted by atomic mass is 35.9. The molecule has 1 aromatic rings. The van der Waals surface area contributed by atoms with E-state index in [-0.39, 0.29) is 16.3 Å². The Morgan fingerprint density at radius 1 is 1.31 bits per heavy atom. The molecule has 0 saturated heterocycles. The van der Waals surface area contributed by atoms with Gasteiger partial charge >= 0.3 is 0 Å². The first-order valence-electron chi connectivity index (χ1n) is 2.72. The van der Waals surface area contributed by atoms with E-state index in [1.165, 1.54) is 6.07 Å². The highest BCUT2D eigenvalue weighted by molar-refractivity contribution is 7.95. The summed E-state index contributed by atoms with van der Waals surface area (Å²) in [6.07, 6.45) is 0. The van der Waals surface area contributed by atoms with Crippen molar-refractivity contribution in [1.29, 1.82) is 0 Å². The number of nitrogen functional groups attached to an aromatic ring is 1. The Balaban J connectivity index is 0.000000310. The SMILES string of the molecule is Nc1cc(Cl)nc(Cl)n1.O=[PH](Cl)Cl. The lowest BCUT2D eigenvalue weighted by molar-refractivity contribution is 0.602. The Bertz CT molecular complexity index is 255. The van der Waals surface area contributed by atoms with Gasteiger partial charge in [0, 0.05) is 6.07 Å². The molecule has 4 nitrogen and oxygen atoms in total. The zero-order valence-electron chi connectivity index (χ0n) is 5.97. The minimum absolute atomic E-state index is 0.0694. The van der Waals surface area contributed by atoms with E-state index in [9.17, 15) is 0 Å². The fourth-order valence-corrected chi connectivity index (χ4v) is 0.830. The van der Waals surface area contributed by atoms with Gasteiger partial charge in [-0.3, -0.25) is 4.57 Å². The molecule has 74 valence electrons. The first-order valence-corrected chi connectivity index (χ1v) is 6.91. The third-order valence-electron chi connectivity index (χ3n) is 0.687. The van der Waals surface area contributed by atoms with Gasteiger partial charge in [0.05, 0.1) is 0 Å². The van der Waals surface area contributed by atoms with Gasteiger partial charge in [-0.15, -0.1) is 0 Å². The first kappa shape index (κ1) is 13.3. The van der Waals surface area contributed by atoms with Gasteiger partial charge in [-0.1, -0.05) is 11.6 Å². The molecule has 0 radical (unpaired) electrons. The van der Waals surface area contributed by atoms with Crippen molar-refractivity contribution >= 4 is 58.0 Å². The van der Waals surface area contributed by atoms with Crippen molar-refractivity contribution in [2.24, 2.45) is 0 Å². The van der Waals surface area contributed by atoms with Crippen LogP contribution in [0.2, 0.25) is 10.4 Å². The summed E-state index contributed by atoms with van der Waals surface area (Å²) < 4.78 is 9.16. The number of halogens is 4. The van der Waals surface area contributed by atoms with Crippen molar-refractivity contribution in [1.82, 2.24) is 9.97 Å². The van der Waals surface area contributed by atoms with E-state index in [1.807, 2.05) is 0 Å². The standard InChI is InChI=1S/C4H3Cl2N3.Cl2HOP/c5-2-1-3(7)9-4(6)8-2;1-4(2)3/h1H,(H2,7,8,9);4H. The second kappa shape index (κ2) is 6.68. The number of hydrogen-bond donors (Lipinski definition) is 1. The van der Waals surface area contributed by atoms with Gasteiger partial charge in [-0.2, -0.15) is 0 Å². The van der Waals surface area contributed by atoms with Gasteiger partial charge in [-0.25, -0.2) is 9.97 Å². The maximum absolute atomic E-state index is 9.16. The number of aromatic nitrogens is 2. The summed E-state index contributed by atoms with van der Waals surface area (Å²) in [4.78, 5) is 7.16. The van der Waals surface area contributed by atoms with Crippen LogP contribution in [0.4, 0.5) is 5.82 Å². The molecule has 0 aromatic carbocycles. The molecule has 0 aliphatic rings. The van der Waals surface area contributed by atoms with Crippen LogP contribution in [0.5, 0.6) is 0 Å². The van der Waals surface area contributed by atoms with Crippen LogP contribution >= 0.6 is 52.2 Å². The second-order valence-electron chi connectivity index (χ2n) is 1.61. The molecule has 2 N–H and O–H groups in total. The molecule has 0 amide bonds. The zero-order chi connectivity index (χ0) is 10.4. The fourth-order valence-electron chi connectivity index (χ4n) is 0.406. The Morgan fingerprint density at radius 2 is 1.77 bits per heavy atom. The van der Waals surface area contributed by atoms with Crippen molar-refractivity contribution in [2.75, 3.05) is 5.73 Å². The van der Waals surface area contributed by atoms with Crippen LogP contribution in [0, 0.1) is 0 Å². The lowest BCUT2D eigenvalue weighted by Gasteiger charge is -1.91. The third kappa shape index (κ3) is 8.60. The van der Waals surface area contributed by atoms with E-state index in [4.69, 9.17) is 33.5 Å². The summed E-state index contributed by atoms with van der Waals surface area (Å²) in [7, 11) is 0. The predicted molar refractivity (Wildman–Crippen MR) is 57.2 cm³/mol. The summed E-state index contributed by atoms with van der Waals surface area (Å²) in [5.41, 5.74) is 5.24. The van der Waals surface area contributed by atoms with Gasteiger partial charge in [0.1, 0.15) is 11.0 Å². The monoisotopic (exact) mass is 281 g/mol. The summed E-state index contributed by atoms with van der Waals surface area (Å²) in [5.74, 6) is 0.278. The van der Waals surface area contributed by atoms with E-state index in [2.05, 4.69) is 32.4 Å². The van der Waals surface area contributed by atoms with E-state index in [1.54, 1.807) is 0 Å². The third-order valence-corrected chi connectivity index (χ3v) is 1.05. The first-order chi connectivity index (χ1) is 5.91. The topological polar surface area (TPSA) is 68.9 Å². The molecule has 0 bridgehead atoms. The van der Waals surface area contributed by atoms with E-state index >= 15 is 0 Å². The molecule has 1 rings (SSSR count). The summed E-state index contributed by atoms with van der Waals surface area (Å²) >= 11 is 20.0. The molecule has 9 heteroatoms. The Kier molecular flexibility index (Phi) is 6.82. The predicted octanol–water partition coefficient (Wildman–Crippen LogP) is 3.22. The molecule has 0 saturated carbocycles. The molecular formula is C4H4Cl4N3OP. The molecule has 1 aromatic heterocycles. The lowest BCUT2D eigenvalue weighted by Crippen LogP contribution is -1.91. The number of nitrogens with two attached hydrogens (primary N) is 1. The number of rotatable bonds is 0. The molecule has 0 atom stereocenters. The smallest absolute Gasteiger partial charge is 0.241 e. The minimum atomic E-state index is -2.19. The van der Waals surface area contributed by atoms with Gasteiger partial charge in [0.25, 0.3) is 0 Å². The van der Waals surface area contributed by atoms with Crippen LogP contribution in [0.1, 0.15) is 0 Å². The largest absolute Gasteiger partial charge is 0.384 e. The Labute approximate surface area is 94.7 Å². The van der Waals surface area contributed by atoms with E-state index < -0.39 is 6.51 Å². The van der Waals surface area contributed by atoms with Gasteiger partial charge < -0.3 is 5.73 Å². The average Bonchev–Trinajstić information content (AvgIpc) is 1.80. The molecule has 0 fully saturated rings. The van der Waals surface area contributed by atoms with Crippen LogP contribution in [-0.2, 0) is 4.57 Å². The van der Waals surface area contributed by atoms with Crippen molar-refractivity contribution in [3.05, 3.63) is 16.5 Å². The lowest BCUT2D eigenvalue weighted by atomic mass is 10.6. The zero-order valence-corrected chi connectivity index (χ0v) is 9.99. The molecule has 0 aliphatic carbocycles. The van der Waals surface area contributed by atoms with Crippen molar-refractivity contribution < 1.29 is 4.57 Å². The van der Waals surface area contributed by atoms with E-state index in [0.29, 0.717) is 0 Å². The average molecular weight is 283 g/mol. The highest BCUT2D eigenvalue weighted by Crippen LogP contribution is 2.31. The number of nitrogens with zero attached hydrogens (tertiary/aromatic N) is 2. The Morgan fingerprint density at radius 3 is 2.08 bits per heavy atom. The highest BCUT2D eigenvalue weighted by Gasteiger charge is 1.94. The van der Waals surface area contributed by atoms with Gasteiger partial charge in [-0.05, 0) is 34.1 Å². The number of anilines is 1. The molecule has 0 unspecified atom stereocenters. The molecular weight excluding hydrogens is 279 g/mol. The second-order valence-corrected chi connectivity index (χ2v) is 5.43. The maximum atomic E-state index is 9.16. The summed E-state index contributed by atoms with van der Waals surface area (Å²) in [6.45, 7) is -2.19. The number of hydrogen-bond acceptors (Lipinski definition) is 4. The van der Waals surface area contributed by atoms with Crippen LogP contribution in [0.15, 0.2) is 6.07 Å². The van der Waals surface area contributed by atoms with Crippen LogP contribution in [0.25, 0.3) is 0 Å². The van der Waals surface area contributed by atoms with Crippen molar-refractivity contribution in [3.63, 3.8) is 0 Å². The van der Waals surface area contributed by atoms with E-state index in [0.717, 1.165) is 0 Å². The fraction of sp³-hybridized carbons (Fsp3) is 0. The van der Waals surface area contributed by atoms with Crippen LogP contribution in [-0.4, -0.2) is 9.97 Å². The molecule has 13 heavy (non-hydrogen) atoms. The minimum Gasteiger partial charge on any atom is -0.384 e. The quantitative estimate of drug-likeness (QED) is 0.451. The molecule has 1 heterocycles. The van der Waals surface area contributed by atoms with Crippen LogP contribution < -0.4 is 5.73 Å². The summed E-state index contributed by atoms with van der Waals surface area (Å²) in [6, 6.07) is 1.42. The molecule has 0 aliphatic heterocycles. The normalized spacial score (nSPS) is 9.31. The maximum Gasteiger partial charge on any atom is 0.241 e.